The van der Waals surface area contributed by atoms with Gasteiger partial charge in [-0.25, -0.2) is 4.79 Å². The topological polar surface area (TPSA) is 61.9 Å². The van der Waals surface area contributed by atoms with Gasteiger partial charge >= 0.3 is 6.09 Å². The van der Waals surface area contributed by atoms with Crippen LogP contribution in [0, 0.1) is 40.4 Å². The summed E-state index contributed by atoms with van der Waals surface area (Å²) in [7, 11) is 2.10. The van der Waals surface area contributed by atoms with Crippen molar-refractivity contribution in [2.75, 3.05) is 39.8 Å². The van der Waals surface area contributed by atoms with Crippen molar-refractivity contribution in [1.82, 2.24) is 15.1 Å². The number of alkyl carbamates (subject to hydrolysis) is 1. The maximum Gasteiger partial charge on any atom is 0.414 e. The van der Waals surface area contributed by atoms with E-state index in [4.69, 9.17) is 4.74 Å². The number of nitrogens with one attached hydrogen (secondary N) is 1. The number of rotatable bonds is 8. The van der Waals surface area contributed by atoms with Crippen molar-refractivity contribution in [1.29, 1.82) is 0 Å². The van der Waals surface area contributed by atoms with E-state index in [0.717, 1.165) is 75.0 Å². The molecule has 0 spiro atoms. The van der Waals surface area contributed by atoms with Gasteiger partial charge in [-0.15, -0.1) is 0 Å². The lowest BCUT2D eigenvalue weighted by Crippen LogP contribution is -2.51. The number of amides is 2. The number of imide groups is 1. The molecule has 2 amide bonds. The van der Waals surface area contributed by atoms with E-state index in [1.807, 2.05) is 0 Å². The molecule has 1 N–H and O–H groups in total. The van der Waals surface area contributed by atoms with E-state index in [2.05, 4.69) is 55.9 Å². The third kappa shape index (κ3) is 6.33. The van der Waals surface area contributed by atoms with Crippen molar-refractivity contribution in [3.8, 4) is 0 Å². The first kappa shape index (κ1) is 30.1. The first-order valence-electron chi connectivity index (χ1n) is 16.7. The van der Waals surface area contributed by atoms with Gasteiger partial charge in [0, 0.05) is 32.6 Å². The Morgan fingerprint density at radius 1 is 1.02 bits per heavy atom. The van der Waals surface area contributed by atoms with Crippen molar-refractivity contribution in [3.05, 3.63) is 11.6 Å². The van der Waals surface area contributed by atoms with Crippen molar-refractivity contribution in [3.63, 3.8) is 0 Å². The van der Waals surface area contributed by atoms with E-state index in [0.29, 0.717) is 5.41 Å². The highest BCUT2D eigenvalue weighted by atomic mass is 16.6. The molecule has 4 aliphatic carbocycles. The summed E-state index contributed by atoms with van der Waals surface area (Å²) < 4.78 is 5.82. The molecule has 0 aromatic heterocycles. The largest absolute Gasteiger partial charge is 0.446 e. The van der Waals surface area contributed by atoms with E-state index < -0.39 is 6.09 Å². The summed E-state index contributed by atoms with van der Waals surface area (Å²) in [4.78, 5) is 29.4. The number of hydrogen-bond donors (Lipinski definition) is 1. The van der Waals surface area contributed by atoms with E-state index in [1.165, 1.54) is 63.4 Å². The summed E-state index contributed by atoms with van der Waals surface area (Å²) in [6.45, 7) is 13.8. The van der Waals surface area contributed by atoms with Crippen LogP contribution in [0.5, 0.6) is 0 Å². The van der Waals surface area contributed by atoms with Crippen molar-refractivity contribution in [2.24, 2.45) is 40.4 Å². The maximum absolute atomic E-state index is 12.6. The minimum atomic E-state index is -0.569. The Balaban J connectivity index is 1.13. The number of carbonyl (C=O) groups is 2. The molecule has 6 nitrogen and oxygen atoms in total. The lowest BCUT2D eigenvalue weighted by molar-refractivity contribution is -0.122. The van der Waals surface area contributed by atoms with Gasteiger partial charge in [0.25, 0.3) is 0 Å². The van der Waals surface area contributed by atoms with E-state index in [1.54, 1.807) is 0 Å². The second-order valence-corrected chi connectivity index (χ2v) is 15.2. The fourth-order valence-corrected chi connectivity index (χ4v) is 9.80. The molecule has 7 atom stereocenters. The van der Waals surface area contributed by atoms with Crippen LogP contribution in [0.25, 0.3) is 0 Å². The van der Waals surface area contributed by atoms with Crippen LogP contribution in [-0.2, 0) is 9.53 Å². The first-order valence-corrected chi connectivity index (χ1v) is 16.7. The Morgan fingerprint density at radius 2 is 1.80 bits per heavy atom. The molecule has 3 saturated carbocycles. The Kier molecular flexibility index (Phi) is 9.36. The molecular formula is C34H57N3O3. The number of likely N-dealkylation sites (N-methyl/N-ethyl adjacent to an activating group) is 1. The fraction of sp³-hybridized carbons (Fsp3) is 0.882. The first-order chi connectivity index (χ1) is 19.1. The summed E-state index contributed by atoms with van der Waals surface area (Å²) in [6.07, 6.45) is 17.2. The zero-order valence-corrected chi connectivity index (χ0v) is 26.2. The SMILES string of the molecule is CC(C)CCCC[C@H]1CCC2C3CC=C4CC(OC(=O)NC(=O)CN5CCN(C)CC5)CC[C@]4(C)C3CC[C@@]21C. The lowest BCUT2D eigenvalue weighted by atomic mass is 9.47. The lowest BCUT2D eigenvalue weighted by Gasteiger charge is -2.58. The molecule has 1 heterocycles. The van der Waals surface area contributed by atoms with Crippen LogP contribution >= 0.6 is 0 Å². The van der Waals surface area contributed by atoms with Crippen LogP contribution in [0.1, 0.15) is 105 Å². The van der Waals surface area contributed by atoms with Gasteiger partial charge in [-0.3, -0.25) is 15.0 Å². The summed E-state index contributed by atoms with van der Waals surface area (Å²) in [6, 6.07) is 0. The van der Waals surface area contributed by atoms with Crippen LogP contribution < -0.4 is 5.32 Å². The second-order valence-electron chi connectivity index (χ2n) is 15.2. The number of hydrogen-bond acceptors (Lipinski definition) is 5. The second kappa shape index (κ2) is 12.5. The molecule has 5 aliphatic rings. The zero-order chi connectivity index (χ0) is 28.5. The molecule has 1 aliphatic heterocycles. The van der Waals surface area contributed by atoms with Crippen molar-refractivity contribution < 1.29 is 14.3 Å². The third-order valence-corrected chi connectivity index (χ3v) is 12.3. The number of carbonyl (C=O) groups excluding carboxylic acids is 2. The quantitative estimate of drug-likeness (QED) is 0.268. The number of fused-ring (bicyclic) bond motifs is 5. The number of ether oxygens (including phenoxy) is 1. The van der Waals surface area contributed by atoms with Gasteiger partial charge in [0.05, 0.1) is 6.54 Å². The molecule has 4 fully saturated rings. The summed E-state index contributed by atoms with van der Waals surface area (Å²) >= 11 is 0. The number of piperazine rings is 1. The number of unbranched alkanes of at least 4 members (excludes halogenated alkanes) is 1. The molecule has 0 aromatic carbocycles. The Hall–Kier alpha value is -1.40. The molecule has 6 heteroatoms. The molecule has 4 unspecified atom stereocenters. The van der Waals surface area contributed by atoms with Crippen molar-refractivity contribution >= 4 is 12.0 Å². The van der Waals surface area contributed by atoms with Gasteiger partial charge in [-0.2, -0.15) is 0 Å². The predicted octanol–water partition coefficient (Wildman–Crippen LogP) is 6.65. The Labute approximate surface area is 244 Å². The van der Waals surface area contributed by atoms with Crippen LogP contribution in [0.15, 0.2) is 11.6 Å². The van der Waals surface area contributed by atoms with Gasteiger partial charge < -0.3 is 9.64 Å². The highest BCUT2D eigenvalue weighted by Gasteiger charge is 2.58. The minimum absolute atomic E-state index is 0.122. The summed E-state index contributed by atoms with van der Waals surface area (Å²) in [5, 5.41) is 2.49. The van der Waals surface area contributed by atoms with Gasteiger partial charge in [-0.1, -0.05) is 58.6 Å². The normalized spacial score (nSPS) is 38.2. The van der Waals surface area contributed by atoms with Crippen LogP contribution in [-0.4, -0.2) is 67.7 Å². The van der Waals surface area contributed by atoms with Crippen molar-refractivity contribution in [2.45, 2.75) is 111 Å². The standard InChI is InChI=1S/C34H57N3O3/c1-24(2)8-6-7-9-25-11-13-29-28-12-10-26-22-27(14-16-34(26,4)30(28)15-17-33(25,29)3)40-32(39)35-31(38)23-37-20-18-36(5)19-21-37/h10,24-25,27-30H,6-9,11-23H2,1-5H3,(H,35,38,39)/t25-,27?,28?,29?,30?,33+,34-/m0/s1. The van der Waals surface area contributed by atoms with E-state index >= 15 is 0 Å². The predicted molar refractivity (Wildman–Crippen MR) is 161 cm³/mol. The van der Waals surface area contributed by atoms with E-state index in [9.17, 15) is 9.59 Å². The molecule has 0 aromatic rings. The average molecular weight is 556 g/mol. The van der Waals surface area contributed by atoms with Crippen LogP contribution in [0.4, 0.5) is 4.79 Å². The number of nitrogens with zero attached hydrogens (tertiary/aromatic N) is 2. The highest BCUT2D eigenvalue weighted by Crippen LogP contribution is 2.66. The summed E-state index contributed by atoms with van der Waals surface area (Å²) in [5.41, 5.74) is 2.30. The van der Waals surface area contributed by atoms with Gasteiger partial charge in [0.15, 0.2) is 0 Å². The molecular weight excluding hydrogens is 498 g/mol. The van der Waals surface area contributed by atoms with Crippen LogP contribution in [0.3, 0.4) is 0 Å². The Morgan fingerprint density at radius 3 is 2.55 bits per heavy atom. The molecule has 1 saturated heterocycles. The van der Waals surface area contributed by atoms with E-state index in [-0.39, 0.29) is 24.0 Å². The zero-order valence-electron chi connectivity index (χ0n) is 26.2. The monoisotopic (exact) mass is 555 g/mol. The number of allylic oxidation sites excluding steroid dienone is 1. The molecule has 0 bridgehead atoms. The molecule has 0 radical (unpaired) electrons. The maximum atomic E-state index is 12.6. The highest BCUT2D eigenvalue weighted by molar-refractivity contribution is 5.92. The Bertz CT molecular complexity index is 941. The average Bonchev–Trinajstić information content (AvgIpc) is 3.24. The van der Waals surface area contributed by atoms with Gasteiger partial charge in [0.2, 0.25) is 5.91 Å². The minimum Gasteiger partial charge on any atom is -0.446 e. The van der Waals surface area contributed by atoms with Gasteiger partial charge in [-0.05, 0) is 98.8 Å². The fourth-order valence-electron chi connectivity index (χ4n) is 9.80. The molecule has 5 rings (SSSR count). The van der Waals surface area contributed by atoms with Crippen LogP contribution in [0.2, 0.25) is 0 Å². The summed E-state index contributed by atoms with van der Waals surface area (Å²) in [5.74, 6) is 3.96. The third-order valence-electron chi connectivity index (χ3n) is 12.3. The molecule has 40 heavy (non-hydrogen) atoms. The van der Waals surface area contributed by atoms with Gasteiger partial charge in [0.1, 0.15) is 6.10 Å². The smallest absolute Gasteiger partial charge is 0.414 e. The molecule has 226 valence electrons.